The van der Waals surface area contributed by atoms with Gasteiger partial charge in [-0.15, -0.1) is 0 Å². The van der Waals surface area contributed by atoms with Gasteiger partial charge in [-0.2, -0.15) is 0 Å². The van der Waals surface area contributed by atoms with Crippen LogP contribution in [0.4, 0.5) is 17.1 Å². The molecule has 5 heteroatoms. The second kappa shape index (κ2) is 12.2. The van der Waals surface area contributed by atoms with Crippen LogP contribution in [0.25, 0.3) is 59.8 Å². The van der Waals surface area contributed by atoms with Crippen molar-refractivity contribution in [2.45, 2.75) is 0 Å². The van der Waals surface area contributed by atoms with Gasteiger partial charge in [-0.25, -0.2) is 0 Å². The van der Waals surface area contributed by atoms with E-state index in [1.807, 2.05) is 66.7 Å². The Balaban J connectivity index is 1.03. The monoisotopic (exact) mass is 680 g/mol. The quantitative estimate of drug-likeness (QED) is 0.104. The van der Waals surface area contributed by atoms with E-state index in [2.05, 4.69) is 125 Å². The van der Waals surface area contributed by atoms with Crippen molar-refractivity contribution in [1.29, 1.82) is 10.8 Å². The first-order valence-corrected chi connectivity index (χ1v) is 17.7. The van der Waals surface area contributed by atoms with Crippen molar-refractivity contribution < 1.29 is 4.74 Å². The highest BCUT2D eigenvalue weighted by Crippen LogP contribution is 2.44. The topological polar surface area (TPSA) is 65.1 Å². The van der Waals surface area contributed by atoms with Crippen LogP contribution < -0.4 is 4.90 Å². The molecule has 0 atom stereocenters. The summed E-state index contributed by atoms with van der Waals surface area (Å²) in [6.45, 7) is 0. The summed E-state index contributed by atoms with van der Waals surface area (Å²) in [5, 5.41) is 27.1. The number of aromatic nitrogens is 1. The summed E-state index contributed by atoms with van der Waals surface area (Å²) in [4.78, 5) is 2.17. The number of para-hydroxylation sites is 4. The van der Waals surface area contributed by atoms with E-state index in [-0.39, 0.29) is 11.8 Å². The molecule has 1 aromatic heterocycles. The lowest BCUT2D eigenvalue weighted by atomic mass is 9.90. The summed E-state index contributed by atoms with van der Waals surface area (Å²) in [6.07, 6.45) is 0. The maximum Gasteiger partial charge on any atom is 0.221 e. The molecule has 250 valence electrons. The molecule has 0 unspecified atom stereocenters. The van der Waals surface area contributed by atoms with Crippen molar-refractivity contribution in [3.8, 4) is 5.69 Å². The average molecular weight is 681 g/mol. The highest BCUT2D eigenvalue weighted by molar-refractivity contribution is 6.34. The van der Waals surface area contributed by atoms with Gasteiger partial charge in [-0.1, -0.05) is 103 Å². The molecule has 0 bridgehead atoms. The molecule has 0 saturated carbocycles. The van der Waals surface area contributed by atoms with E-state index in [0.29, 0.717) is 11.1 Å². The van der Waals surface area contributed by atoms with E-state index in [9.17, 15) is 0 Å². The number of hydrogen-bond donors (Lipinski definition) is 2. The third-order valence-electron chi connectivity index (χ3n) is 10.3. The SMILES string of the molecule is N=C(OC(=N)c1ccc2ccc3c4c(ccc1c24)cc1c3c2ccccc2n1-c1ccccc1)c1ccc(N(c2ccccc2)c2ccccc2)cc1. The zero-order valence-electron chi connectivity index (χ0n) is 28.6. The average Bonchev–Trinajstić information content (AvgIpc) is 3.55. The standard InChI is InChI=1S/C48H32N4O/c49-47(32-20-25-37(26-21-32)51(34-12-4-1-5-13-34)35-14-6-2-7-15-35)53-48(50)39-28-22-31-23-29-41-45-33(24-27-38(39)44(31)45)30-43-46(41)40-18-10-11-19-42(40)52(43)36-16-8-3-9-17-36/h1-30,49-50H. The summed E-state index contributed by atoms with van der Waals surface area (Å²) in [5.74, 6) is -0.133. The second-order valence-corrected chi connectivity index (χ2v) is 13.3. The predicted molar refractivity (Wildman–Crippen MR) is 220 cm³/mol. The largest absolute Gasteiger partial charge is 0.421 e. The predicted octanol–water partition coefficient (Wildman–Crippen LogP) is 12.5. The lowest BCUT2D eigenvalue weighted by molar-refractivity contribution is 0.539. The molecule has 0 aliphatic rings. The van der Waals surface area contributed by atoms with Crippen molar-refractivity contribution in [3.63, 3.8) is 0 Å². The van der Waals surface area contributed by atoms with E-state index in [4.69, 9.17) is 15.6 Å². The van der Waals surface area contributed by atoms with Crippen molar-refractivity contribution in [2.24, 2.45) is 0 Å². The summed E-state index contributed by atoms with van der Waals surface area (Å²) in [7, 11) is 0. The molecule has 0 saturated heterocycles. The van der Waals surface area contributed by atoms with Crippen molar-refractivity contribution in [3.05, 3.63) is 193 Å². The molecule has 0 aliphatic heterocycles. The van der Waals surface area contributed by atoms with Gasteiger partial charge in [0.05, 0.1) is 11.0 Å². The van der Waals surface area contributed by atoms with Gasteiger partial charge >= 0.3 is 0 Å². The Labute approximate surface area is 305 Å². The maximum absolute atomic E-state index is 9.12. The van der Waals surface area contributed by atoms with Gasteiger partial charge in [0.15, 0.2) is 0 Å². The van der Waals surface area contributed by atoms with Gasteiger partial charge < -0.3 is 14.2 Å². The molecule has 1 heterocycles. The fourth-order valence-corrected chi connectivity index (χ4v) is 7.96. The summed E-state index contributed by atoms with van der Waals surface area (Å²) < 4.78 is 8.37. The smallest absolute Gasteiger partial charge is 0.221 e. The molecular weight excluding hydrogens is 649 g/mol. The fourth-order valence-electron chi connectivity index (χ4n) is 7.96. The van der Waals surface area contributed by atoms with Gasteiger partial charge in [-0.05, 0) is 111 Å². The minimum Gasteiger partial charge on any atom is -0.421 e. The van der Waals surface area contributed by atoms with Gasteiger partial charge in [0.25, 0.3) is 0 Å². The van der Waals surface area contributed by atoms with Crippen LogP contribution in [0.1, 0.15) is 11.1 Å². The number of anilines is 3. The van der Waals surface area contributed by atoms with Gasteiger partial charge in [-0.3, -0.25) is 10.8 Å². The highest BCUT2D eigenvalue weighted by Gasteiger charge is 2.21. The summed E-state index contributed by atoms with van der Waals surface area (Å²) in [5.41, 5.74) is 7.73. The molecule has 0 radical (unpaired) electrons. The molecule has 0 fully saturated rings. The molecule has 0 aliphatic carbocycles. The van der Waals surface area contributed by atoms with Crippen LogP contribution in [-0.2, 0) is 4.74 Å². The van der Waals surface area contributed by atoms with E-state index in [1.165, 1.54) is 27.1 Å². The van der Waals surface area contributed by atoms with Gasteiger partial charge in [0.1, 0.15) is 0 Å². The number of ether oxygens (including phenoxy) is 1. The zero-order chi connectivity index (χ0) is 35.5. The number of nitrogens with zero attached hydrogens (tertiary/aromatic N) is 2. The first kappa shape index (κ1) is 30.6. The number of fused-ring (bicyclic) bond motifs is 4. The van der Waals surface area contributed by atoms with Crippen LogP contribution in [0.15, 0.2) is 182 Å². The number of benzene rings is 9. The molecule has 10 aromatic rings. The number of hydrogen-bond acceptors (Lipinski definition) is 4. The summed E-state index contributed by atoms with van der Waals surface area (Å²) in [6, 6.07) is 62.3. The van der Waals surface area contributed by atoms with Crippen LogP contribution in [0.3, 0.4) is 0 Å². The van der Waals surface area contributed by atoms with Crippen molar-refractivity contribution in [2.75, 3.05) is 4.90 Å². The third kappa shape index (κ3) is 4.94. The Hall–Kier alpha value is -7.24. The van der Waals surface area contributed by atoms with E-state index >= 15 is 0 Å². The number of nitrogens with one attached hydrogen (secondary N) is 2. The molecule has 10 rings (SSSR count). The minimum atomic E-state index is -0.0753. The van der Waals surface area contributed by atoms with E-state index < -0.39 is 0 Å². The summed E-state index contributed by atoms with van der Waals surface area (Å²) >= 11 is 0. The molecular formula is C48H32N4O. The Bertz CT molecular complexity index is 2950. The number of rotatable bonds is 6. The molecule has 0 amide bonds. The van der Waals surface area contributed by atoms with Crippen LogP contribution in [0.2, 0.25) is 0 Å². The second-order valence-electron chi connectivity index (χ2n) is 13.3. The third-order valence-corrected chi connectivity index (χ3v) is 10.3. The van der Waals surface area contributed by atoms with E-state index in [1.54, 1.807) is 0 Å². The Morgan fingerprint density at radius 2 is 1.00 bits per heavy atom. The molecule has 5 nitrogen and oxygen atoms in total. The van der Waals surface area contributed by atoms with Crippen molar-refractivity contribution in [1.82, 2.24) is 4.57 Å². The van der Waals surface area contributed by atoms with Gasteiger partial charge in [0.2, 0.25) is 11.8 Å². The Morgan fingerprint density at radius 1 is 0.434 bits per heavy atom. The molecule has 53 heavy (non-hydrogen) atoms. The molecule has 9 aromatic carbocycles. The van der Waals surface area contributed by atoms with Crippen LogP contribution >= 0.6 is 0 Å². The van der Waals surface area contributed by atoms with Crippen molar-refractivity contribution >= 4 is 83.0 Å². The first-order chi connectivity index (χ1) is 26.1. The molecule has 2 N–H and O–H groups in total. The first-order valence-electron chi connectivity index (χ1n) is 17.7. The lowest BCUT2D eigenvalue weighted by Crippen LogP contribution is -2.14. The van der Waals surface area contributed by atoms with Crippen LogP contribution in [0.5, 0.6) is 0 Å². The van der Waals surface area contributed by atoms with Gasteiger partial charge in [0, 0.05) is 44.6 Å². The van der Waals surface area contributed by atoms with Crippen LogP contribution in [0, 0.1) is 10.8 Å². The Kier molecular flexibility index (Phi) is 7.05. The highest BCUT2D eigenvalue weighted by atomic mass is 16.5. The minimum absolute atomic E-state index is 0.0574. The molecule has 0 spiro atoms. The maximum atomic E-state index is 9.12. The fraction of sp³-hybridized carbons (Fsp3) is 0. The Morgan fingerprint density at radius 3 is 1.72 bits per heavy atom. The van der Waals surface area contributed by atoms with Crippen LogP contribution in [-0.4, -0.2) is 16.4 Å². The zero-order valence-corrected chi connectivity index (χ0v) is 28.6. The lowest BCUT2D eigenvalue weighted by Gasteiger charge is -2.25. The van der Waals surface area contributed by atoms with E-state index in [0.717, 1.165) is 49.8 Å². The normalized spacial score (nSPS) is 11.5.